The second-order valence-electron chi connectivity index (χ2n) is 6.62. The Balaban J connectivity index is 1.81. The van der Waals surface area contributed by atoms with Crippen LogP contribution in [-0.4, -0.2) is 57.5 Å². The first-order chi connectivity index (χ1) is 15.3. The Kier molecular flexibility index (Phi) is 7.91. The fourth-order valence-electron chi connectivity index (χ4n) is 3.03. The summed E-state index contributed by atoms with van der Waals surface area (Å²) in [7, 11) is -3.66. The van der Waals surface area contributed by atoms with Crippen molar-refractivity contribution in [1.82, 2.24) is 4.31 Å². The highest BCUT2D eigenvalue weighted by atomic mass is 32.2. The Labute approximate surface area is 194 Å². The van der Waals surface area contributed by atoms with Crippen molar-refractivity contribution in [2.45, 2.75) is 23.6 Å². The number of benzene rings is 1. The summed E-state index contributed by atoms with van der Waals surface area (Å²) >= 11 is 1.87. The maximum atomic E-state index is 12.8. The molecule has 32 heavy (non-hydrogen) atoms. The van der Waals surface area contributed by atoms with Crippen molar-refractivity contribution in [2.75, 3.05) is 38.2 Å². The van der Waals surface area contributed by atoms with E-state index in [2.05, 4.69) is 5.32 Å². The van der Waals surface area contributed by atoms with Crippen LogP contribution in [-0.2, 0) is 19.5 Å². The highest BCUT2D eigenvalue weighted by molar-refractivity contribution is 8.04. The van der Waals surface area contributed by atoms with Crippen LogP contribution >= 0.6 is 23.1 Å². The smallest absolute Gasteiger partial charge is 0.348 e. The van der Waals surface area contributed by atoms with Crippen LogP contribution in [0.1, 0.15) is 32.5 Å². The number of sulfonamides is 1. The lowest BCUT2D eigenvalue weighted by Gasteiger charge is -2.26. The maximum absolute atomic E-state index is 12.8. The number of hydrogen-bond acceptors (Lipinski definition) is 9. The number of morpholine rings is 1. The van der Waals surface area contributed by atoms with Gasteiger partial charge in [-0.25, -0.2) is 13.2 Å². The van der Waals surface area contributed by atoms with Crippen molar-refractivity contribution in [3.8, 4) is 5.40 Å². The van der Waals surface area contributed by atoms with E-state index in [9.17, 15) is 18.0 Å². The minimum absolute atomic E-state index is 0.0910. The van der Waals surface area contributed by atoms with Crippen molar-refractivity contribution < 1.29 is 27.5 Å². The number of thioether (sulfide) groups is 1. The zero-order valence-electron chi connectivity index (χ0n) is 17.4. The van der Waals surface area contributed by atoms with Crippen LogP contribution in [0.3, 0.4) is 0 Å². The van der Waals surface area contributed by atoms with E-state index >= 15 is 0 Å². The molecule has 3 rings (SSSR count). The summed E-state index contributed by atoms with van der Waals surface area (Å²) in [6.45, 7) is 4.83. The number of nitriles is 1. The number of nitrogens with one attached hydrogen (secondary N) is 1. The molecule has 1 fully saturated rings. The fourth-order valence-corrected chi connectivity index (χ4v) is 6.23. The summed E-state index contributed by atoms with van der Waals surface area (Å²) in [4.78, 5) is 25.8. The summed E-state index contributed by atoms with van der Waals surface area (Å²) in [5, 5.41) is 14.1. The summed E-state index contributed by atoms with van der Waals surface area (Å²) in [5.41, 5.74) is 0.796. The van der Waals surface area contributed by atoms with Gasteiger partial charge in [0.05, 0.1) is 29.6 Å². The molecule has 0 spiro atoms. The van der Waals surface area contributed by atoms with Crippen LogP contribution in [0.15, 0.2) is 34.1 Å². The molecule has 1 saturated heterocycles. The molecular formula is C20H21N3O6S3. The number of hydrogen-bond donors (Lipinski definition) is 1. The van der Waals surface area contributed by atoms with Crippen molar-refractivity contribution in [3.63, 3.8) is 0 Å². The largest absolute Gasteiger partial charge is 0.462 e. The first-order valence-electron chi connectivity index (χ1n) is 9.65. The second-order valence-corrected chi connectivity index (χ2v) is 10.4. The minimum atomic E-state index is -3.66. The topological polar surface area (TPSA) is 126 Å². The molecule has 1 amide bonds. The van der Waals surface area contributed by atoms with Gasteiger partial charge in [-0.05, 0) is 55.4 Å². The van der Waals surface area contributed by atoms with E-state index in [0.717, 1.165) is 23.1 Å². The van der Waals surface area contributed by atoms with Crippen LogP contribution in [0.4, 0.5) is 5.00 Å². The van der Waals surface area contributed by atoms with E-state index < -0.39 is 21.9 Å². The third kappa shape index (κ3) is 5.13. The van der Waals surface area contributed by atoms with Gasteiger partial charge in [0.2, 0.25) is 10.0 Å². The molecule has 0 atom stereocenters. The highest BCUT2D eigenvalue weighted by Crippen LogP contribution is 2.40. The highest BCUT2D eigenvalue weighted by Gasteiger charge is 2.27. The van der Waals surface area contributed by atoms with Crippen LogP contribution < -0.4 is 5.32 Å². The third-order valence-electron chi connectivity index (χ3n) is 4.65. The van der Waals surface area contributed by atoms with Gasteiger partial charge in [0.15, 0.2) is 0 Å². The molecule has 1 aliphatic rings. The average molecular weight is 496 g/mol. The summed E-state index contributed by atoms with van der Waals surface area (Å²) in [6, 6.07) is 5.61. The Morgan fingerprint density at radius 3 is 2.53 bits per heavy atom. The Morgan fingerprint density at radius 1 is 1.28 bits per heavy atom. The van der Waals surface area contributed by atoms with E-state index in [-0.39, 0.29) is 30.2 Å². The van der Waals surface area contributed by atoms with E-state index in [1.54, 1.807) is 13.8 Å². The van der Waals surface area contributed by atoms with Gasteiger partial charge >= 0.3 is 5.97 Å². The Morgan fingerprint density at radius 2 is 1.94 bits per heavy atom. The van der Waals surface area contributed by atoms with Gasteiger partial charge < -0.3 is 14.8 Å². The number of thiophene rings is 1. The molecule has 1 aliphatic heterocycles. The molecular weight excluding hydrogens is 474 g/mol. The quantitative estimate of drug-likeness (QED) is 0.353. The lowest BCUT2D eigenvalue weighted by molar-refractivity contribution is 0.0531. The number of esters is 1. The van der Waals surface area contributed by atoms with E-state index in [0.29, 0.717) is 33.6 Å². The predicted molar refractivity (Wildman–Crippen MR) is 120 cm³/mol. The standard InChI is InChI=1S/C20H21N3O6S3/c1-3-29-20(25)17-13(2)16(30-12-21)19(31-17)22-18(24)14-4-6-15(7-5-14)32(26,27)23-8-10-28-11-9-23/h4-7H,3,8-11H2,1-2H3,(H,22,24). The number of anilines is 1. The van der Waals surface area contributed by atoms with Crippen LogP contribution in [0.2, 0.25) is 0 Å². The summed E-state index contributed by atoms with van der Waals surface area (Å²) in [5.74, 6) is -1.01. The van der Waals surface area contributed by atoms with E-state index in [4.69, 9.17) is 14.7 Å². The fraction of sp³-hybridized carbons (Fsp3) is 0.350. The van der Waals surface area contributed by atoms with Crippen molar-refractivity contribution in [2.24, 2.45) is 0 Å². The van der Waals surface area contributed by atoms with Crippen LogP contribution in [0, 0.1) is 17.6 Å². The molecule has 2 heterocycles. The molecule has 170 valence electrons. The first kappa shape index (κ1) is 24.2. The Hall–Kier alpha value is -2.43. The molecule has 9 nitrogen and oxygen atoms in total. The van der Waals surface area contributed by atoms with Gasteiger partial charge in [0.1, 0.15) is 15.3 Å². The number of amides is 1. The summed E-state index contributed by atoms with van der Waals surface area (Å²) < 4.78 is 37.0. The lowest BCUT2D eigenvalue weighted by Crippen LogP contribution is -2.40. The lowest BCUT2D eigenvalue weighted by atomic mass is 10.2. The number of carbonyl (C=O) groups is 2. The monoisotopic (exact) mass is 495 g/mol. The molecule has 0 saturated carbocycles. The molecule has 1 aromatic heterocycles. The van der Waals surface area contributed by atoms with Gasteiger partial charge in [-0.15, -0.1) is 11.3 Å². The van der Waals surface area contributed by atoms with Crippen LogP contribution in [0.5, 0.6) is 0 Å². The van der Waals surface area contributed by atoms with Crippen molar-refractivity contribution in [3.05, 3.63) is 40.3 Å². The molecule has 0 unspecified atom stereocenters. The molecule has 0 aliphatic carbocycles. The molecule has 2 aromatic rings. The van der Waals surface area contributed by atoms with E-state index in [1.807, 2.05) is 5.40 Å². The number of ether oxygens (including phenoxy) is 2. The summed E-state index contributed by atoms with van der Waals surface area (Å²) in [6.07, 6.45) is 0. The molecule has 1 N–H and O–H groups in total. The molecule has 0 bridgehead atoms. The second kappa shape index (κ2) is 10.5. The third-order valence-corrected chi connectivity index (χ3v) is 8.69. The average Bonchev–Trinajstić information content (AvgIpc) is 3.10. The zero-order valence-corrected chi connectivity index (χ0v) is 19.9. The number of rotatable bonds is 7. The normalized spacial score (nSPS) is 14.5. The Bertz CT molecular complexity index is 1150. The number of carbonyl (C=O) groups excluding carboxylic acids is 2. The van der Waals surface area contributed by atoms with Gasteiger partial charge in [0.25, 0.3) is 5.91 Å². The molecule has 1 aromatic carbocycles. The van der Waals surface area contributed by atoms with Crippen molar-refractivity contribution >= 4 is 50.0 Å². The van der Waals surface area contributed by atoms with Crippen molar-refractivity contribution in [1.29, 1.82) is 5.26 Å². The molecule has 12 heteroatoms. The minimum Gasteiger partial charge on any atom is -0.462 e. The van der Waals surface area contributed by atoms with E-state index in [1.165, 1.54) is 28.6 Å². The van der Waals surface area contributed by atoms with Gasteiger partial charge in [0, 0.05) is 18.7 Å². The number of thiocyanates is 1. The number of nitrogens with zero attached hydrogens (tertiary/aromatic N) is 2. The van der Waals surface area contributed by atoms with Crippen LogP contribution in [0.25, 0.3) is 0 Å². The zero-order chi connectivity index (χ0) is 23.3. The predicted octanol–water partition coefficient (Wildman–Crippen LogP) is 3.08. The first-order valence-corrected chi connectivity index (χ1v) is 12.7. The SMILES string of the molecule is CCOC(=O)c1sc(NC(=O)c2ccc(S(=O)(=O)N3CCOCC3)cc2)c(SC#N)c1C. The van der Waals surface area contributed by atoms with Gasteiger partial charge in [-0.3, -0.25) is 4.79 Å². The van der Waals surface area contributed by atoms with Gasteiger partial charge in [-0.2, -0.15) is 9.57 Å². The van der Waals surface area contributed by atoms with Gasteiger partial charge in [-0.1, -0.05) is 0 Å². The molecule has 0 radical (unpaired) electrons. The maximum Gasteiger partial charge on any atom is 0.348 e.